The number of rotatable bonds is 9. The fourth-order valence-electron chi connectivity index (χ4n) is 2.18. The fourth-order valence-corrected chi connectivity index (χ4v) is 2.18. The highest BCUT2D eigenvalue weighted by molar-refractivity contribution is 5.82. The van der Waals surface area contributed by atoms with E-state index in [1.165, 1.54) is 10.9 Å². The number of ether oxygens (including phenoxy) is 1. The van der Waals surface area contributed by atoms with Crippen molar-refractivity contribution in [2.75, 3.05) is 13.2 Å². The topological polar surface area (TPSA) is 34.4 Å². The van der Waals surface area contributed by atoms with E-state index in [1.54, 1.807) is 0 Å². The summed E-state index contributed by atoms with van der Waals surface area (Å²) in [6.45, 7) is 8.90. The molecule has 2 rings (SSSR count). The lowest BCUT2D eigenvalue weighted by Gasteiger charge is -2.05. The number of furan rings is 1. The highest BCUT2D eigenvalue weighted by Crippen LogP contribution is 2.26. The molecule has 3 nitrogen and oxygen atoms in total. The Morgan fingerprint density at radius 2 is 2.20 bits per heavy atom. The molecule has 0 aliphatic heterocycles. The molecule has 0 unspecified atom stereocenters. The smallest absolute Gasteiger partial charge is 0.135 e. The SMILES string of the molecule is C=CCCOCc1oc2ccccc2c1CNCCC. The predicted molar refractivity (Wildman–Crippen MR) is 82.7 cm³/mol. The minimum atomic E-state index is 0.520. The maximum absolute atomic E-state index is 5.92. The van der Waals surface area contributed by atoms with Gasteiger partial charge in [0.2, 0.25) is 0 Å². The molecule has 0 bridgehead atoms. The van der Waals surface area contributed by atoms with Gasteiger partial charge < -0.3 is 14.5 Å². The minimum absolute atomic E-state index is 0.520. The molecule has 1 aromatic carbocycles. The average Bonchev–Trinajstić information content (AvgIpc) is 2.82. The van der Waals surface area contributed by atoms with Crippen LogP contribution in [0.4, 0.5) is 0 Å². The summed E-state index contributed by atoms with van der Waals surface area (Å²) in [5.41, 5.74) is 2.15. The van der Waals surface area contributed by atoms with Gasteiger partial charge in [-0.2, -0.15) is 0 Å². The lowest BCUT2D eigenvalue weighted by atomic mass is 10.1. The van der Waals surface area contributed by atoms with Crippen LogP contribution in [0, 0.1) is 0 Å². The van der Waals surface area contributed by atoms with E-state index < -0.39 is 0 Å². The Labute approximate surface area is 120 Å². The molecule has 20 heavy (non-hydrogen) atoms. The Morgan fingerprint density at radius 3 is 3.00 bits per heavy atom. The van der Waals surface area contributed by atoms with E-state index in [0.717, 1.165) is 37.3 Å². The van der Waals surface area contributed by atoms with E-state index in [1.807, 2.05) is 24.3 Å². The second kappa shape index (κ2) is 7.88. The van der Waals surface area contributed by atoms with Crippen LogP contribution in [0.5, 0.6) is 0 Å². The first-order valence-electron chi connectivity index (χ1n) is 7.25. The van der Waals surface area contributed by atoms with Crippen LogP contribution in [0.3, 0.4) is 0 Å². The van der Waals surface area contributed by atoms with E-state index in [2.05, 4.69) is 24.9 Å². The first kappa shape index (κ1) is 14.8. The largest absolute Gasteiger partial charge is 0.458 e. The highest BCUT2D eigenvalue weighted by atomic mass is 16.5. The second-order valence-electron chi connectivity index (χ2n) is 4.81. The molecule has 0 spiro atoms. The maximum atomic E-state index is 5.92. The highest BCUT2D eigenvalue weighted by Gasteiger charge is 2.13. The number of benzene rings is 1. The van der Waals surface area contributed by atoms with Gasteiger partial charge in [-0.3, -0.25) is 0 Å². The summed E-state index contributed by atoms with van der Waals surface area (Å²) in [6, 6.07) is 8.15. The molecule has 0 aliphatic rings. The molecule has 3 heteroatoms. The van der Waals surface area contributed by atoms with Crippen molar-refractivity contribution in [3.05, 3.63) is 48.2 Å². The van der Waals surface area contributed by atoms with Crippen molar-refractivity contribution in [1.82, 2.24) is 5.32 Å². The van der Waals surface area contributed by atoms with E-state index in [9.17, 15) is 0 Å². The summed E-state index contributed by atoms with van der Waals surface area (Å²) in [5.74, 6) is 0.930. The molecule has 0 fully saturated rings. The van der Waals surface area contributed by atoms with Crippen molar-refractivity contribution >= 4 is 11.0 Å². The molecule has 0 aliphatic carbocycles. The third kappa shape index (κ3) is 3.71. The Hall–Kier alpha value is -1.58. The van der Waals surface area contributed by atoms with Crippen LogP contribution in [0.15, 0.2) is 41.3 Å². The zero-order chi connectivity index (χ0) is 14.2. The molecule has 0 saturated heterocycles. The van der Waals surface area contributed by atoms with E-state index in [-0.39, 0.29) is 0 Å². The maximum Gasteiger partial charge on any atom is 0.135 e. The lowest BCUT2D eigenvalue weighted by Crippen LogP contribution is -2.14. The number of fused-ring (bicyclic) bond motifs is 1. The normalized spacial score (nSPS) is 11.1. The molecule has 1 heterocycles. The van der Waals surface area contributed by atoms with Gasteiger partial charge in [0.15, 0.2) is 0 Å². The van der Waals surface area contributed by atoms with Crippen LogP contribution in [0.1, 0.15) is 31.1 Å². The quantitative estimate of drug-likeness (QED) is 0.553. The standard InChI is InChI=1S/C17H23NO2/c1-3-5-11-19-13-17-15(12-18-10-4-2)14-8-6-7-9-16(14)20-17/h3,6-9,18H,1,4-5,10-13H2,2H3. The van der Waals surface area contributed by atoms with Crippen LogP contribution < -0.4 is 5.32 Å². The summed E-state index contributed by atoms with van der Waals surface area (Å²) in [4.78, 5) is 0. The van der Waals surface area contributed by atoms with Gasteiger partial charge in [-0.05, 0) is 25.5 Å². The molecule has 1 aromatic heterocycles. The van der Waals surface area contributed by atoms with E-state index >= 15 is 0 Å². The molecular formula is C17H23NO2. The summed E-state index contributed by atoms with van der Waals surface area (Å²) in [6.07, 6.45) is 3.85. The van der Waals surface area contributed by atoms with E-state index in [4.69, 9.17) is 9.15 Å². The first-order valence-corrected chi connectivity index (χ1v) is 7.25. The van der Waals surface area contributed by atoms with Crippen LogP contribution >= 0.6 is 0 Å². The van der Waals surface area contributed by atoms with Crippen molar-refractivity contribution in [2.24, 2.45) is 0 Å². The Kier molecular flexibility index (Phi) is 5.84. The molecule has 2 aromatic rings. The molecule has 108 valence electrons. The number of hydrogen-bond donors (Lipinski definition) is 1. The van der Waals surface area contributed by atoms with Gasteiger partial charge in [-0.15, -0.1) is 6.58 Å². The Morgan fingerprint density at radius 1 is 1.35 bits per heavy atom. The van der Waals surface area contributed by atoms with Gasteiger partial charge in [0.25, 0.3) is 0 Å². The van der Waals surface area contributed by atoms with Crippen LogP contribution in [-0.4, -0.2) is 13.2 Å². The van der Waals surface area contributed by atoms with Gasteiger partial charge in [0, 0.05) is 17.5 Å². The monoisotopic (exact) mass is 273 g/mol. The lowest BCUT2D eigenvalue weighted by molar-refractivity contribution is 0.110. The van der Waals surface area contributed by atoms with Gasteiger partial charge in [-0.1, -0.05) is 31.2 Å². The van der Waals surface area contributed by atoms with Crippen molar-refractivity contribution in [3.63, 3.8) is 0 Å². The van der Waals surface area contributed by atoms with Crippen molar-refractivity contribution in [3.8, 4) is 0 Å². The first-order chi connectivity index (χ1) is 9.86. The zero-order valence-corrected chi connectivity index (χ0v) is 12.2. The van der Waals surface area contributed by atoms with Crippen LogP contribution in [-0.2, 0) is 17.9 Å². The van der Waals surface area contributed by atoms with Crippen molar-refractivity contribution in [2.45, 2.75) is 32.9 Å². The second-order valence-corrected chi connectivity index (χ2v) is 4.81. The third-order valence-corrected chi connectivity index (χ3v) is 3.21. The molecule has 0 atom stereocenters. The molecule has 0 saturated carbocycles. The minimum Gasteiger partial charge on any atom is -0.458 e. The fraction of sp³-hybridized carbons (Fsp3) is 0.412. The molecular weight excluding hydrogens is 250 g/mol. The number of nitrogens with one attached hydrogen (secondary N) is 1. The Bertz CT molecular complexity index is 545. The van der Waals surface area contributed by atoms with Gasteiger partial charge >= 0.3 is 0 Å². The summed E-state index contributed by atoms with van der Waals surface area (Å²) in [5, 5.41) is 4.62. The van der Waals surface area contributed by atoms with Crippen molar-refractivity contribution in [1.29, 1.82) is 0 Å². The van der Waals surface area contributed by atoms with Crippen LogP contribution in [0.2, 0.25) is 0 Å². The van der Waals surface area contributed by atoms with Gasteiger partial charge in [0.1, 0.15) is 18.0 Å². The zero-order valence-electron chi connectivity index (χ0n) is 12.2. The number of hydrogen-bond acceptors (Lipinski definition) is 3. The summed E-state index contributed by atoms with van der Waals surface area (Å²) >= 11 is 0. The average molecular weight is 273 g/mol. The van der Waals surface area contributed by atoms with Gasteiger partial charge in [0.05, 0.1) is 6.61 Å². The third-order valence-electron chi connectivity index (χ3n) is 3.21. The molecule has 1 N–H and O–H groups in total. The molecule has 0 radical (unpaired) electrons. The summed E-state index contributed by atoms with van der Waals surface area (Å²) < 4.78 is 11.6. The Balaban J connectivity index is 2.13. The van der Waals surface area contributed by atoms with E-state index in [0.29, 0.717) is 13.2 Å². The van der Waals surface area contributed by atoms with Crippen LogP contribution in [0.25, 0.3) is 11.0 Å². The predicted octanol–water partition coefficient (Wildman–Crippen LogP) is 4.03. The summed E-state index contributed by atoms with van der Waals surface area (Å²) in [7, 11) is 0. The molecule has 0 amide bonds. The van der Waals surface area contributed by atoms with Crippen molar-refractivity contribution < 1.29 is 9.15 Å². The van der Waals surface area contributed by atoms with Gasteiger partial charge in [-0.25, -0.2) is 0 Å². The number of para-hydroxylation sites is 1.